The van der Waals surface area contributed by atoms with E-state index in [4.69, 9.17) is 5.11 Å². The lowest BCUT2D eigenvalue weighted by molar-refractivity contribution is 0.188. The molecule has 0 radical (unpaired) electrons. The van der Waals surface area contributed by atoms with Gasteiger partial charge < -0.3 is 15.0 Å². The first-order valence-electron chi connectivity index (χ1n) is 7.42. The Morgan fingerprint density at radius 2 is 2.17 bits per heavy atom. The van der Waals surface area contributed by atoms with Gasteiger partial charge in [0.15, 0.2) is 11.6 Å². The number of fused-ring (bicyclic) bond motifs is 1. The molecule has 0 aliphatic carbocycles. The first kappa shape index (κ1) is 15.5. The third kappa shape index (κ3) is 2.91. The summed E-state index contributed by atoms with van der Waals surface area (Å²) in [6.45, 7) is 2.30. The summed E-state index contributed by atoms with van der Waals surface area (Å²) in [5.41, 5.74) is 1.18. The third-order valence-electron chi connectivity index (χ3n) is 4.32. The number of imidazole rings is 1. The van der Waals surface area contributed by atoms with E-state index in [9.17, 15) is 13.6 Å². The number of hydrogen-bond donors (Lipinski definition) is 2. The molecule has 2 atom stereocenters. The summed E-state index contributed by atoms with van der Waals surface area (Å²) in [7, 11) is 0. The molecule has 1 aliphatic rings. The molecule has 0 fully saturated rings. The number of carbonyl (C=O) groups is 1. The van der Waals surface area contributed by atoms with Crippen LogP contribution in [0.5, 0.6) is 0 Å². The number of halogens is 2. The maximum Gasteiger partial charge on any atom is 0.405 e. The van der Waals surface area contributed by atoms with Crippen LogP contribution in [-0.2, 0) is 6.54 Å². The van der Waals surface area contributed by atoms with Crippen molar-refractivity contribution in [1.29, 1.82) is 0 Å². The van der Waals surface area contributed by atoms with Gasteiger partial charge >= 0.3 is 6.09 Å². The number of rotatable bonds is 2. The molecule has 0 unspecified atom stereocenters. The second-order valence-corrected chi connectivity index (χ2v) is 5.79. The molecule has 5 nitrogen and oxygen atoms in total. The zero-order chi connectivity index (χ0) is 16.6. The van der Waals surface area contributed by atoms with Crippen LogP contribution in [0.4, 0.5) is 13.6 Å². The fraction of sp³-hybridized carbons (Fsp3) is 0.375. The van der Waals surface area contributed by atoms with Crippen LogP contribution in [0.1, 0.15) is 41.9 Å². The van der Waals surface area contributed by atoms with Crippen LogP contribution in [0.25, 0.3) is 0 Å². The lowest BCUT2D eigenvalue weighted by atomic mass is 9.93. The molecule has 2 N–H and O–H groups in total. The van der Waals surface area contributed by atoms with Gasteiger partial charge in [0.05, 0.1) is 6.04 Å². The van der Waals surface area contributed by atoms with E-state index >= 15 is 0 Å². The minimum atomic E-state index is -1.13. The highest BCUT2D eigenvalue weighted by molar-refractivity contribution is 5.65. The highest BCUT2D eigenvalue weighted by Crippen LogP contribution is 2.34. The maximum absolute atomic E-state index is 14.1. The molecule has 0 saturated carbocycles. The predicted octanol–water partition coefficient (Wildman–Crippen LogP) is 3.36. The van der Waals surface area contributed by atoms with Gasteiger partial charge in [-0.15, -0.1) is 0 Å². The molecule has 7 heteroatoms. The third-order valence-corrected chi connectivity index (χ3v) is 4.32. The number of amides is 1. The van der Waals surface area contributed by atoms with Crippen molar-refractivity contribution >= 4 is 6.09 Å². The minimum Gasteiger partial charge on any atom is -0.465 e. The zero-order valence-electron chi connectivity index (χ0n) is 12.6. The second kappa shape index (κ2) is 5.98. The van der Waals surface area contributed by atoms with E-state index in [1.807, 2.05) is 11.5 Å². The molecule has 2 heterocycles. The topological polar surface area (TPSA) is 67.2 Å². The number of aromatic nitrogens is 2. The Balaban J connectivity index is 1.98. The Hall–Kier alpha value is -2.44. The van der Waals surface area contributed by atoms with E-state index in [2.05, 4.69) is 10.3 Å². The monoisotopic (exact) mass is 321 g/mol. The zero-order valence-corrected chi connectivity index (χ0v) is 12.6. The maximum atomic E-state index is 14.1. The molecule has 122 valence electrons. The van der Waals surface area contributed by atoms with Crippen molar-refractivity contribution < 1.29 is 18.7 Å². The second-order valence-electron chi connectivity index (χ2n) is 5.79. The Morgan fingerprint density at radius 3 is 2.91 bits per heavy atom. The Kier molecular flexibility index (Phi) is 4.02. The normalized spacial score (nSPS) is 20.7. The number of nitrogens with zero attached hydrogens (tertiary/aromatic N) is 2. The number of benzene rings is 1. The standard InChI is InChI=1S/C16H17F2N3O2/c1-9-7-19-15-13(20-16(22)23)6-5-10(8-21(9)15)11-3-2-4-12(17)14(11)18/h2-4,7,10,13,20H,5-6,8H2,1H3,(H,22,23)/t10-,13-/m1/s1. The lowest BCUT2D eigenvalue weighted by Crippen LogP contribution is -2.28. The van der Waals surface area contributed by atoms with Gasteiger partial charge in [-0.05, 0) is 31.4 Å². The van der Waals surface area contributed by atoms with Gasteiger partial charge in [-0.1, -0.05) is 12.1 Å². The van der Waals surface area contributed by atoms with Crippen LogP contribution < -0.4 is 5.32 Å². The van der Waals surface area contributed by atoms with Crippen molar-refractivity contribution in [3.63, 3.8) is 0 Å². The van der Waals surface area contributed by atoms with E-state index in [0.29, 0.717) is 30.8 Å². The average Bonchev–Trinajstić information content (AvgIpc) is 2.75. The van der Waals surface area contributed by atoms with Crippen molar-refractivity contribution in [3.8, 4) is 0 Å². The van der Waals surface area contributed by atoms with Crippen molar-refractivity contribution in [2.24, 2.45) is 0 Å². The first-order valence-corrected chi connectivity index (χ1v) is 7.42. The Labute approximate surface area is 132 Å². The average molecular weight is 321 g/mol. The smallest absolute Gasteiger partial charge is 0.405 e. The Bertz CT molecular complexity index is 745. The minimum absolute atomic E-state index is 0.238. The van der Waals surface area contributed by atoms with E-state index in [1.54, 1.807) is 12.3 Å². The molecule has 0 saturated heterocycles. The van der Waals surface area contributed by atoms with Crippen LogP contribution in [0, 0.1) is 18.6 Å². The summed E-state index contributed by atoms with van der Waals surface area (Å²) in [6, 6.07) is 3.72. The number of aryl methyl sites for hydroxylation is 1. The summed E-state index contributed by atoms with van der Waals surface area (Å²) in [5.74, 6) is -1.32. The highest BCUT2D eigenvalue weighted by atomic mass is 19.2. The molecular formula is C16H17F2N3O2. The largest absolute Gasteiger partial charge is 0.465 e. The van der Waals surface area contributed by atoms with E-state index < -0.39 is 23.8 Å². The summed E-state index contributed by atoms with van der Waals surface area (Å²) < 4.78 is 29.5. The van der Waals surface area contributed by atoms with E-state index in [0.717, 1.165) is 11.8 Å². The molecule has 0 bridgehead atoms. The van der Waals surface area contributed by atoms with Crippen molar-refractivity contribution in [1.82, 2.24) is 14.9 Å². The van der Waals surface area contributed by atoms with Gasteiger partial charge in [0.25, 0.3) is 0 Å². The highest BCUT2D eigenvalue weighted by Gasteiger charge is 2.29. The van der Waals surface area contributed by atoms with Crippen molar-refractivity contribution in [2.45, 2.75) is 38.3 Å². The summed E-state index contributed by atoms with van der Waals surface area (Å²) in [6.07, 6.45) is 1.55. The molecule has 1 aromatic carbocycles. The SMILES string of the molecule is Cc1cnc2n1C[C@H](c1cccc(F)c1F)CC[C@H]2NC(=O)O. The van der Waals surface area contributed by atoms with Crippen LogP contribution in [0.3, 0.4) is 0 Å². The van der Waals surface area contributed by atoms with Crippen LogP contribution in [-0.4, -0.2) is 20.8 Å². The molecular weight excluding hydrogens is 304 g/mol. The molecule has 2 aromatic rings. The molecule has 23 heavy (non-hydrogen) atoms. The van der Waals surface area contributed by atoms with Gasteiger partial charge in [-0.3, -0.25) is 0 Å². The van der Waals surface area contributed by atoms with Crippen molar-refractivity contribution in [2.75, 3.05) is 0 Å². The molecule has 3 rings (SSSR count). The van der Waals surface area contributed by atoms with E-state index in [1.165, 1.54) is 6.07 Å². The van der Waals surface area contributed by atoms with Gasteiger partial charge in [0, 0.05) is 24.4 Å². The first-order chi connectivity index (χ1) is 11.0. The van der Waals surface area contributed by atoms with Crippen LogP contribution >= 0.6 is 0 Å². The molecule has 1 amide bonds. The summed E-state index contributed by atoms with van der Waals surface area (Å²) in [4.78, 5) is 15.3. The van der Waals surface area contributed by atoms with E-state index in [-0.39, 0.29) is 5.92 Å². The molecule has 1 aliphatic heterocycles. The van der Waals surface area contributed by atoms with Crippen LogP contribution in [0.15, 0.2) is 24.4 Å². The van der Waals surface area contributed by atoms with Gasteiger partial charge in [-0.25, -0.2) is 18.6 Å². The fourth-order valence-electron chi connectivity index (χ4n) is 3.18. The molecule has 0 spiro atoms. The number of nitrogens with one attached hydrogen (secondary N) is 1. The van der Waals surface area contributed by atoms with Crippen molar-refractivity contribution in [3.05, 3.63) is 53.1 Å². The summed E-state index contributed by atoms with van der Waals surface area (Å²) in [5, 5.41) is 11.5. The predicted molar refractivity (Wildman–Crippen MR) is 79.2 cm³/mol. The number of hydrogen-bond acceptors (Lipinski definition) is 2. The quantitative estimate of drug-likeness (QED) is 0.891. The van der Waals surface area contributed by atoms with Gasteiger partial charge in [0.2, 0.25) is 0 Å². The lowest BCUT2D eigenvalue weighted by Gasteiger charge is -2.17. The number of carboxylic acid groups (broad SMARTS) is 1. The Morgan fingerprint density at radius 1 is 1.39 bits per heavy atom. The van der Waals surface area contributed by atoms with Gasteiger partial charge in [-0.2, -0.15) is 0 Å². The van der Waals surface area contributed by atoms with Crippen LogP contribution in [0.2, 0.25) is 0 Å². The fourth-order valence-corrected chi connectivity index (χ4v) is 3.18. The summed E-state index contributed by atoms with van der Waals surface area (Å²) >= 11 is 0. The molecule has 1 aromatic heterocycles. The van der Waals surface area contributed by atoms with Gasteiger partial charge in [0.1, 0.15) is 5.82 Å².